The maximum atomic E-state index is 12.5. The van der Waals surface area contributed by atoms with Crippen molar-refractivity contribution in [3.63, 3.8) is 0 Å². The molecule has 0 unspecified atom stereocenters. The molecule has 4 heterocycles. The Hall–Kier alpha value is -3.23. The Kier molecular flexibility index (Phi) is 3.90. The van der Waals surface area contributed by atoms with Crippen LogP contribution in [-0.2, 0) is 13.5 Å². The van der Waals surface area contributed by atoms with Crippen molar-refractivity contribution < 1.29 is 9.53 Å². The van der Waals surface area contributed by atoms with E-state index in [1.807, 2.05) is 12.1 Å². The summed E-state index contributed by atoms with van der Waals surface area (Å²) in [5, 5.41) is 15.4. The molecule has 0 bridgehead atoms. The van der Waals surface area contributed by atoms with E-state index in [9.17, 15) is 4.79 Å². The van der Waals surface area contributed by atoms with Gasteiger partial charge in [0.25, 0.3) is 5.91 Å². The van der Waals surface area contributed by atoms with Gasteiger partial charge >= 0.3 is 0 Å². The summed E-state index contributed by atoms with van der Waals surface area (Å²) in [7, 11) is 3.20. The summed E-state index contributed by atoms with van der Waals surface area (Å²) in [5.41, 5.74) is 1.02. The van der Waals surface area contributed by atoms with Crippen LogP contribution in [0.25, 0.3) is 11.5 Å². The fraction of sp³-hybridized carbons (Fsp3) is 0.353. The van der Waals surface area contributed by atoms with Crippen molar-refractivity contribution in [1.29, 1.82) is 0 Å². The molecular weight excluding hydrogens is 334 g/mol. The molecule has 0 spiro atoms. The van der Waals surface area contributed by atoms with Crippen LogP contribution < -0.4 is 10.1 Å². The van der Waals surface area contributed by atoms with Gasteiger partial charge in [-0.15, -0.1) is 15.3 Å². The molecule has 4 rings (SSSR count). The molecule has 0 aliphatic carbocycles. The van der Waals surface area contributed by atoms with Crippen LogP contribution in [0.1, 0.15) is 35.6 Å². The second-order valence-corrected chi connectivity index (χ2v) is 6.29. The number of pyridine rings is 1. The second-order valence-electron chi connectivity index (χ2n) is 6.29. The molecule has 9 nitrogen and oxygen atoms in total. The van der Waals surface area contributed by atoms with E-state index in [4.69, 9.17) is 4.74 Å². The van der Waals surface area contributed by atoms with Gasteiger partial charge < -0.3 is 14.6 Å². The van der Waals surface area contributed by atoms with E-state index in [0.717, 1.165) is 24.5 Å². The highest BCUT2D eigenvalue weighted by molar-refractivity contribution is 6.05. The Morgan fingerprint density at radius 2 is 2.19 bits per heavy atom. The molecule has 3 aromatic rings. The van der Waals surface area contributed by atoms with Crippen molar-refractivity contribution in [3.8, 4) is 17.4 Å². The maximum absolute atomic E-state index is 12.5. The molecule has 0 saturated heterocycles. The van der Waals surface area contributed by atoms with E-state index < -0.39 is 0 Å². The third kappa shape index (κ3) is 2.71. The Balaban J connectivity index is 1.62. The summed E-state index contributed by atoms with van der Waals surface area (Å²) < 4.78 is 8.77. The summed E-state index contributed by atoms with van der Waals surface area (Å²) in [6.45, 7) is 2.14. The average Bonchev–Trinajstić information content (AvgIpc) is 3.31. The van der Waals surface area contributed by atoms with Crippen LogP contribution in [0.3, 0.4) is 0 Å². The van der Waals surface area contributed by atoms with E-state index >= 15 is 0 Å². The van der Waals surface area contributed by atoms with Crippen LogP contribution in [0.5, 0.6) is 5.88 Å². The molecule has 1 atom stereocenters. The van der Waals surface area contributed by atoms with Gasteiger partial charge in [-0.25, -0.2) is 4.98 Å². The van der Waals surface area contributed by atoms with Crippen molar-refractivity contribution in [1.82, 2.24) is 29.5 Å². The Labute approximate surface area is 150 Å². The highest BCUT2D eigenvalue weighted by Gasteiger charge is 2.25. The SMILES string of the molecule is COc1nn(C)cc1C(=O)Nc1cccc(-c2nnc3n2[C@@H](C)CC3)n1. The molecule has 0 fully saturated rings. The highest BCUT2D eigenvalue weighted by atomic mass is 16.5. The number of aryl methyl sites for hydroxylation is 2. The molecule has 1 N–H and O–H groups in total. The van der Waals surface area contributed by atoms with Crippen LogP contribution in [0, 0.1) is 0 Å². The van der Waals surface area contributed by atoms with Gasteiger partial charge in [0, 0.05) is 25.7 Å². The van der Waals surface area contributed by atoms with Gasteiger partial charge in [-0.2, -0.15) is 0 Å². The van der Waals surface area contributed by atoms with Gasteiger partial charge in [-0.1, -0.05) is 6.07 Å². The first-order valence-corrected chi connectivity index (χ1v) is 8.37. The molecule has 0 saturated carbocycles. The third-order valence-electron chi connectivity index (χ3n) is 4.45. The van der Waals surface area contributed by atoms with Gasteiger partial charge in [0.15, 0.2) is 5.82 Å². The third-order valence-corrected chi connectivity index (χ3v) is 4.45. The van der Waals surface area contributed by atoms with E-state index in [-0.39, 0.29) is 11.8 Å². The Morgan fingerprint density at radius 1 is 1.35 bits per heavy atom. The average molecular weight is 353 g/mol. The number of hydrogen-bond donors (Lipinski definition) is 1. The molecule has 1 aliphatic rings. The summed E-state index contributed by atoms with van der Waals surface area (Å²) in [5.74, 6) is 2.06. The molecule has 3 aromatic heterocycles. The minimum atomic E-state index is -0.334. The molecule has 134 valence electrons. The van der Waals surface area contributed by atoms with Gasteiger partial charge in [0.2, 0.25) is 5.88 Å². The zero-order valence-corrected chi connectivity index (χ0v) is 14.8. The van der Waals surface area contributed by atoms with Crippen molar-refractivity contribution in [2.24, 2.45) is 7.05 Å². The molecule has 0 aromatic carbocycles. The first-order chi connectivity index (χ1) is 12.6. The highest BCUT2D eigenvalue weighted by Crippen LogP contribution is 2.30. The molecule has 9 heteroatoms. The van der Waals surface area contributed by atoms with Crippen LogP contribution in [0.2, 0.25) is 0 Å². The van der Waals surface area contributed by atoms with Crippen LogP contribution >= 0.6 is 0 Å². The smallest absolute Gasteiger partial charge is 0.263 e. The van der Waals surface area contributed by atoms with Crippen molar-refractivity contribution in [3.05, 3.63) is 35.8 Å². The van der Waals surface area contributed by atoms with Gasteiger partial charge in [-0.3, -0.25) is 9.48 Å². The zero-order chi connectivity index (χ0) is 18.3. The summed E-state index contributed by atoms with van der Waals surface area (Å²) in [6, 6.07) is 5.77. The minimum absolute atomic E-state index is 0.269. The number of rotatable bonds is 4. The lowest BCUT2D eigenvalue weighted by Gasteiger charge is -2.10. The van der Waals surface area contributed by atoms with Gasteiger partial charge in [-0.05, 0) is 25.5 Å². The monoisotopic (exact) mass is 353 g/mol. The lowest BCUT2D eigenvalue weighted by Crippen LogP contribution is -2.13. The number of nitrogens with one attached hydrogen (secondary N) is 1. The largest absolute Gasteiger partial charge is 0.479 e. The van der Waals surface area contributed by atoms with E-state index in [1.165, 1.54) is 11.8 Å². The van der Waals surface area contributed by atoms with E-state index in [1.54, 1.807) is 19.3 Å². The van der Waals surface area contributed by atoms with Crippen molar-refractivity contribution in [2.75, 3.05) is 12.4 Å². The zero-order valence-electron chi connectivity index (χ0n) is 14.8. The molecule has 26 heavy (non-hydrogen) atoms. The van der Waals surface area contributed by atoms with Crippen LogP contribution in [0.4, 0.5) is 5.82 Å². The van der Waals surface area contributed by atoms with Crippen molar-refractivity contribution in [2.45, 2.75) is 25.8 Å². The normalized spacial score (nSPS) is 15.7. The number of nitrogens with zero attached hydrogens (tertiary/aromatic N) is 6. The topological polar surface area (TPSA) is 99.8 Å². The lowest BCUT2D eigenvalue weighted by molar-refractivity contribution is 0.102. The summed E-state index contributed by atoms with van der Waals surface area (Å²) >= 11 is 0. The molecule has 0 radical (unpaired) electrons. The minimum Gasteiger partial charge on any atom is -0.479 e. The first-order valence-electron chi connectivity index (χ1n) is 8.37. The fourth-order valence-electron chi connectivity index (χ4n) is 3.19. The predicted molar refractivity (Wildman–Crippen MR) is 94.0 cm³/mol. The Bertz CT molecular complexity index is 975. The number of carbonyl (C=O) groups excluding carboxylic acids is 1. The summed E-state index contributed by atoms with van der Waals surface area (Å²) in [4.78, 5) is 17.1. The van der Waals surface area contributed by atoms with Gasteiger partial charge in [0.1, 0.15) is 22.9 Å². The molecule has 1 amide bonds. The number of methoxy groups -OCH3 is 1. The number of anilines is 1. The Morgan fingerprint density at radius 3 is 3.00 bits per heavy atom. The predicted octanol–water partition coefficient (Wildman–Crippen LogP) is 1.84. The first kappa shape index (κ1) is 16.2. The van der Waals surface area contributed by atoms with Crippen LogP contribution in [0.15, 0.2) is 24.4 Å². The standard InChI is InChI=1S/C17H19N7O2/c1-10-7-8-14-20-21-15(24(10)14)12-5-4-6-13(18-12)19-16(25)11-9-23(2)22-17(11)26-3/h4-6,9-10H,7-8H2,1-3H3,(H,18,19,25)/t10-/m0/s1. The number of hydrogen-bond acceptors (Lipinski definition) is 6. The van der Waals surface area contributed by atoms with E-state index in [2.05, 4.69) is 37.1 Å². The van der Waals surface area contributed by atoms with Gasteiger partial charge in [0.05, 0.1) is 7.11 Å². The maximum Gasteiger partial charge on any atom is 0.263 e. The quantitative estimate of drug-likeness (QED) is 0.768. The number of aromatic nitrogens is 6. The number of carbonyl (C=O) groups is 1. The second kappa shape index (κ2) is 6.25. The van der Waals surface area contributed by atoms with Crippen LogP contribution in [-0.4, -0.2) is 42.5 Å². The molecular formula is C17H19N7O2. The number of fused-ring (bicyclic) bond motifs is 1. The van der Waals surface area contributed by atoms with Crippen molar-refractivity contribution >= 4 is 11.7 Å². The number of ether oxygens (including phenoxy) is 1. The molecule has 1 aliphatic heterocycles. The lowest BCUT2D eigenvalue weighted by atomic mass is 10.2. The van der Waals surface area contributed by atoms with E-state index in [0.29, 0.717) is 23.1 Å². The fourth-order valence-corrected chi connectivity index (χ4v) is 3.19. The number of amides is 1. The summed E-state index contributed by atoms with van der Waals surface area (Å²) in [6.07, 6.45) is 3.57.